The van der Waals surface area contributed by atoms with Gasteiger partial charge in [-0.25, -0.2) is 4.79 Å². The molecule has 4 rings (SSSR count). The molecule has 3 aromatic carbocycles. The van der Waals surface area contributed by atoms with Crippen molar-refractivity contribution in [2.75, 3.05) is 26.4 Å². The summed E-state index contributed by atoms with van der Waals surface area (Å²) in [5.74, 6) is 1.69. The lowest BCUT2D eigenvalue weighted by Gasteiger charge is -2.25. The first kappa shape index (κ1) is 26.5. The highest BCUT2D eigenvalue weighted by molar-refractivity contribution is 5.81. The second-order valence-electron chi connectivity index (χ2n) is 9.43. The molecule has 0 aliphatic heterocycles. The van der Waals surface area contributed by atoms with Crippen molar-refractivity contribution in [3.05, 3.63) is 84.4 Å². The van der Waals surface area contributed by atoms with Crippen LogP contribution in [0.4, 0.5) is 0 Å². The minimum absolute atomic E-state index is 0.000520. The van der Waals surface area contributed by atoms with E-state index >= 15 is 0 Å². The summed E-state index contributed by atoms with van der Waals surface area (Å²) < 4.78 is 16.8. The lowest BCUT2D eigenvalue weighted by molar-refractivity contribution is -0.138. The number of hydrogen-bond donors (Lipinski definition) is 1. The maximum Gasteiger partial charge on any atom is 0.330 e. The van der Waals surface area contributed by atoms with Gasteiger partial charge in [0.25, 0.3) is 0 Å². The largest absolute Gasteiger partial charge is 0.491 e. The Morgan fingerprint density at radius 3 is 2.30 bits per heavy atom. The molecule has 194 valence electrons. The van der Waals surface area contributed by atoms with Crippen molar-refractivity contribution in [1.82, 2.24) is 0 Å². The molecule has 0 atom stereocenters. The molecule has 37 heavy (non-hydrogen) atoms. The van der Waals surface area contributed by atoms with Crippen LogP contribution < -0.4 is 9.47 Å². The van der Waals surface area contributed by atoms with Crippen molar-refractivity contribution in [1.29, 1.82) is 0 Å². The third-order valence-corrected chi connectivity index (χ3v) is 6.90. The zero-order chi connectivity index (χ0) is 26.0. The fourth-order valence-electron chi connectivity index (χ4n) is 5.00. The van der Waals surface area contributed by atoms with E-state index in [0.717, 1.165) is 33.8 Å². The molecule has 1 aliphatic carbocycles. The number of hydrogen-bond acceptors (Lipinski definition) is 5. The highest BCUT2D eigenvalue weighted by Gasteiger charge is 2.20. The Bertz CT molecular complexity index is 1190. The van der Waals surface area contributed by atoms with Gasteiger partial charge in [0, 0.05) is 6.08 Å². The number of benzene rings is 3. The first-order valence-electron chi connectivity index (χ1n) is 13.1. The van der Waals surface area contributed by atoms with Gasteiger partial charge < -0.3 is 19.3 Å². The maximum atomic E-state index is 11.4. The number of carbonyl (C=O) groups is 1. The molecular formula is C32H36O5. The molecule has 0 amide bonds. The summed E-state index contributed by atoms with van der Waals surface area (Å²) in [5, 5.41) is 8.94. The van der Waals surface area contributed by atoms with Gasteiger partial charge in [0.15, 0.2) is 0 Å². The Morgan fingerprint density at radius 2 is 1.59 bits per heavy atom. The Kier molecular flexibility index (Phi) is 9.39. The van der Waals surface area contributed by atoms with Crippen molar-refractivity contribution < 1.29 is 24.1 Å². The van der Waals surface area contributed by atoms with E-state index in [9.17, 15) is 4.79 Å². The number of aliphatic hydroxyl groups excluding tert-OH is 1. The standard InChI is InChI=1S/C32H36O5/c1-3-32(34)37-20-19-36-31-22-27(12-16-30(31)24-7-5-4-6-8-24)26-11-15-29(23(2)21-26)25-9-13-28(14-10-25)35-18-17-33/h3,9-16,21-22,24,33H,1,4-8,17-20H2,2H3. The number of aryl methyl sites for hydroxylation is 1. The Hall–Kier alpha value is -3.57. The monoisotopic (exact) mass is 500 g/mol. The van der Waals surface area contributed by atoms with Gasteiger partial charge in [0.05, 0.1) is 6.61 Å². The maximum absolute atomic E-state index is 11.4. The summed E-state index contributed by atoms with van der Waals surface area (Å²) in [6, 6.07) is 21.0. The zero-order valence-electron chi connectivity index (χ0n) is 21.6. The highest BCUT2D eigenvalue weighted by atomic mass is 16.6. The molecule has 1 N–H and O–H groups in total. The van der Waals surface area contributed by atoms with Crippen molar-refractivity contribution in [2.45, 2.75) is 44.9 Å². The molecule has 0 unspecified atom stereocenters. The zero-order valence-corrected chi connectivity index (χ0v) is 21.6. The minimum Gasteiger partial charge on any atom is -0.491 e. The molecule has 5 nitrogen and oxygen atoms in total. The third kappa shape index (κ3) is 7.01. The molecule has 3 aromatic rings. The summed E-state index contributed by atoms with van der Waals surface area (Å²) in [4.78, 5) is 11.4. The lowest BCUT2D eigenvalue weighted by atomic mass is 9.83. The van der Waals surface area contributed by atoms with Gasteiger partial charge in [-0.3, -0.25) is 0 Å². The van der Waals surface area contributed by atoms with Crippen LogP contribution in [0.1, 0.15) is 49.1 Å². The minimum atomic E-state index is -0.437. The molecule has 1 aliphatic rings. The van der Waals surface area contributed by atoms with Gasteiger partial charge in [-0.2, -0.15) is 0 Å². The van der Waals surface area contributed by atoms with Crippen molar-refractivity contribution >= 4 is 5.97 Å². The average molecular weight is 501 g/mol. The third-order valence-electron chi connectivity index (χ3n) is 6.90. The number of carbonyl (C=O) groups excluding carboxylic acids is 1. The molecule has 5 heteroatoms. The molecule has 1 saturated carbocycles. The van der Waals surface area contributed by atoms with Crippen molar-refractivity contribution in [3.63, 3.8) is 0 Å². The summed E-state index contributed by atoms with van der Waals surface area (Å²) in [5.41, 5.74) is 6.93. The van der Waals surface area contributed by atoms with E-state index in [1.807, 2.05) is 24.3 Å². The van der Waals surface area contributed by atoms with Crippen LogP contribution in [-0.2, 0) is 9.53 Å². The van der Waals surface area contributed by atoms with E-state index in [-0.39, 0.29) is 19.8 Å². The van der Waals surface area contributed by atoms with Gasteiger partial charge in [-0.05, 0) is 77.3 Å². The van der Waals surface area contributed by atoms with E-state index in [1.54, 1.807) is 0 Å². The molecule has 0 radical (unpaired) electrons. The van der Waals surface area contributed by atoms with Crippen LogP contribution in [0.25, 0.3) is 22.3 Å². The van der Waals surface area contributed by atoms with Gasteiger partial charge >= 0.3 is 5.97 Å². The van der Waals surface area contributed by atoms with Gasteiger partial charge in [0.2, 0.25) is 0 Å². The van der Waals surface area contributed by atoms with E-state index in [0.29, 0.717) is 12.5 Å². The van der Waals surface area contributed by atoms with Crippen LogP contribution in [0.3, 0.4) is 0 Å². The number of ether oxygens (including phenoxy) is 3. The second kappa shape index (κ2) is 13.1. The SMILES string of the molecule is C=CC(=O)OCCOc1cc(-c2ccc(-c3ccc(OCCO)cc3)c(C)c2)ccc1C1CCCCC1. The van der Waals surface area contributed by atoms with Crippen LogP contribution in [0.2, 0.25) is 0 Å². The number of rotatable bonds is 11. The molecular weight excluding hydrogens is 464 g/mol. The summed E-state index contributed by atoms with van der Waals surface area (Å²) in [7, 11) is 0. The summed E-state index contributed by atoms with van der Waals surface area (Å²) in [6.07, 6.45) is 7.32. The van der Waals surface area contributed by atoms with Crippen LogP contribution >= 0.6 is 0 Å². The fraction of sp³-hybridized carbons (Fsp3) is 0.344. The van der Waals surface area contributed by atoms with Crippen LogP contribution in [0, 0.1) is 6.92 Å². The van der Waals surface area contributed by atoms with E-state index in [4.69, 9.17) is 19.3 Å². The Labute approximate surface area is 219 Å². The molecule has 0 heterocycles. The first-order valence-corrected chi connectivity index (χ1v) is 13.1. The molecule has 0 spiro atoms. The second-order valence-corrected chi connectivity index (χ2v) is 9.43. The molecule has 0 saturated heterocycles. The van der Waals surface area contributed by atoms with Crippen LogP contribution in [0.15, 0.2) is 73.3 Å². The highest BCUT2D eigenvalue weighted by Crippen LogP contribution is 2.40. The van der Waals surface area contributed by atoms with Crippen molar-refractivity contribution in [2.24, 2.45) is 0 Å². The predicted molar refractivity (Wildman–Crippen MR) is 147 cm³/mol. The Morgan fingerprint density at radius 1 is 0.892 bits per heavy atom. The molecule has 1 fully saturated rings. The lowest BCUT2D eigenvalue weighted by Crippen LogP contribution is -2.12. The molecule has 0 aromatic heterocycles. The van der Waals surface area contributed by atoms with Gasteiger partial charge in [-0.15, -0.1) is 0 Å². The van der Waals surface area contributed by atoms with Crippen molar-refractivity contribution in [3.8, 4) is 33.8 Å². The summed E-state index contributed by atoms with van der Waals surface area (Å²) >= 11 is 0. The fourth-order valence-corrected chi connectivity index (χ4v) is 5.00. The van der Waals surface area contributed by atoms with E-state index in [2.05, 4.69) is 49.9 Å². The smallest absolute Gasteiger partial charge is 0.330 e. The topological polar surface area (TPSA) is 65.0 Å². The van der Waals surface area contributed by atoms with Crippen LogP contribution in [0.5, 0.6) is 11.5 Å². The van der Waals surface area contributed by atoms with Gasteiger partial charge in [0.1, 0.15) is 31.3 Å². The van der Waals surface area contributed by atoms with Crippen LogP contribution in [-0.4, -0.2) is 37.5 Å². The first-order chi connectivity index (χ1) is 18.1. The average Bonchev–Trinajstić information content (AvgIpc) is 2.94. The number of aliphatic hydroxyl groups is 1. The van der Waals surface area contributed by atoms with Gasteiger partial charge in [-0.1, -0.05) is 68.3 Å². The normalized spacial score (nSPS) is 13.7. The number of esters is 1. The molecule has 0 bridgehead atoms. The predicted octanol–water partition coefficient (Wildman–Crippen LogP) is 6.86. The quantitative estimate of drug-likeness (QED) is 0.177. The van der Waals surface area contributed by atoms with E-state index < -0.39 is 5.97 Å². The summed E-state index contributed by atoms with van der Waals surface area (Å²) in [6.45, 7) is 6.34. The van der Waals surface area contributed by atoms with E-state index in [1.165, 1.54) is 49.3 Å². The Balaban J connectivity index is 1.55.